The number of aliphatic hydroxyl groups excluding tert-OH is 1. The molecule has 1 aliphatic heterocycles. The van der Waals surface area contributed by atoms with Gasteiger partial charge < -0.3 is 14.6 Å². The molecule has 1 aromatic heterocycles. The van der Waals surface area contributed by atoms with Crippen LogP contribution in [-0.2, 0) is 24.9 Å². The van der Waals surface area contributed by atoms with Gasteiger partial charge in [-0.2, -0.15) is 0 Å². The molecule has 0 bridgehead atoms. The number of amides is 1. The molecule has 2 heterocycles. The van der Waals surface area contributed by atoms with E-state index in [4.69, 9.17) is 5.11 Å². The predicted molar refractivity (Wildman–Crippen MR) is 108 cm³/mol. The fourth-order valence-electron chi connectivity index (χ4n) is 3.85. The number of aliphatic hydroxyl groups is 1. The SMILES string of the molecule is Cc1c(C)c(C)c2c(c1C)CC(=O)N2C.Cc1c(C)c(CO)n(C)c1C. The molecule has 26 heavy (non-hydrogen) atoms. The fraction of sp³-hybridized carbons (Fsp3) is 0.500. The molecule has 0 unspecified atom stereocenters. The van der Waals surface area contributed by atoms with E-state index in [2.05, 4.69) is 41.5 Å². The van der Waals surface area contributed by atoms with E-state index in [1.165, 1.54) is 44.6 Å². The van der Waals surface area contributed by atoms with Crippen molar-refractivity contribution in [2.24, 2.45) is 7.05 Å². The Morgan fingerprint density at radius 1 is 0.808 bits per heavy atom. The van der Waals surface area contributed by atoms with Gasteiger partial charge in [-0.3, -0.25) is 4.79 Å². The summed E-state index contributed by atoms with van der Waals surface area (Å²) in [6.07, 6.45) is 0.569. The molecule has 3 rings (SSSR count). The molecule has 2 aromatic rings. The fourth-order valence-corrected chi connectivity index (χ4v) is 3.85. The summed E-state index contributed by atoms with van der Waals surface area (Å²) in [5.74, 6) is 0.209. The van der Waals surface area contributed by atoms with Gasteiger partial charge in [-0.15, -0.1) is 0 Å². The number of anilines is 1. The number of nitrogens with zero attached hydrogens (tertiary/aromatic N) is 2. The summed E-state index contributed by atoms with van der Waals surface area (Å²) in [6, 6.07) is 0. The first-order valence-corrected chi connectivity index (χ1v) is 9.12. The molecule has 0 atom stereocenters. The van der Waals surface area contributed by atoms with E-state index in [9.17, 15) is 4.79 Å². The Hall–Kier alpha value is -2.07. The van der Waals surface area contributed by atoms with Crippen LogP contribution >= 0.6 is 0 Å². The maximum absolute atomic E-state index is 11.7. The number of hydrogen-bond acceptors (Lipinski definition) is 2. The van der Waals surface area contributed by atoms with Gasteiger partial charge in [0.1, 0.15) is 0 Å². The largest absolute Gasteiger partial charge is 0.390 e. The van der Waals surface area contributed by atoms with Gasteiger partial charge >= 0.3 is 0 Å². The van der Waals surface area contributed by atoms with Gasteiger partial charge in [0.05, 0.1) is 18.7 Å². The lowest BCUT2D eigenvalue weighted by molar-refractivity contribution is -0.117. The lowest BCUT2D eigenvalue weighted by Crippen LogP contribution is -2.21. The Morgan fingerprint density at radius 2 is 1.35 bits per heavy atom. The molecule has 0 fully saturated rings. The van der Waals surface area contributed by atoms with Gasteiger partial charge in [0.25, 0.3) is 0 Å². The number of fused-ring (bicyclic) bond motifs is 1. The number of rotatable bonds is 1. The maximum Gasteiger partial charge on any atom is 0.231 e. The lowest BCUT2D eigenvalue weighted by Gasteiger charge is -2.18. The molecule has 0 saturated carbocycles. The summed E-state index contributed by atoms with van der Waals surface area (Å²) in [5.41, 5.74) is 12.3. The molecule has 1 amide bonds. The standard InChI is InChI=1S/C13H17NO.C9H15NO/c1-7-8(2)10(4)13-11(9(7)3)6-12(15)14(13)5;1-6-7(2)9(5-11)10(4)8(6)3/h6H2,1-5H3;11H,5H2,1-4H3. The Morgan fingerprint density at radius 3 is 1.77 bits per heavy atom. The van der Waals surface area contributed by atoms with Crippen LogP contribution < -0.4 is 4.90 Å². The average Bonchev–Trinajstić information content (AvgIpc) is 3.01. The summed E-state index contributed by atoms with van der Waals surface area (Å²) in [6.45, 7) is 14.8. The van der Waals surface area contributed by atoms with Gasteiger partial charge in [0.2, 0.25) is 5.91 Å². The minimum atomic E-state index is 0.136. The summed E-state index contributed by atoms with van der Waals surface area (Å²) < 4.78 is 2.05. The first kappa shape index (κ1) is 20.2. The topological polar surface area (TPSA) is 45.5 Å². The van der Waals surface area contributed by atoms with E-state index in [1.54, 1.807) is 4.90 Å². The molecular formula is C22H32N2O2. The van der Waals surface area contributed by atoms with Crippen molar-refractivity contribution in [2.45, 2.75) is 61.5 Å². The molecule has 0 aliphatic carbocycles. The van der Waals surface area contributed by atoms with Crippen LogP contribution in [0.1, 0.15) is 50.3 Å². The zero-order valence-electron chi connectivity index (χ0n) is 17.7. The van der Waals surface area contributed by atoms with E-state index in [1.807, 2.05) is 25.6 Å². The summed E-state index contributed by atoms with van der Waals surface area (Å²) in [5, 5.41) is 9.02. The second kappa shape index (κ2) is 7.28. The summed E-state index contributed by atoms with van der Waals surface area (Å²) in [4.78, 5) is 13.5. The van der Waals surface area contributed by atoms with Crippen LogP contribution in [0.3, 0.4) is 0 Å². The van der Waals surface area contributed by atoms with E-state index in [0.717, 1.165) is 11.4 Å². The van der Waals surface area contributed by atoms with Crippen molar-refractivity contribution in [3.63, 3.8) is 0 Å². The normalized spacial score (nSPS) is 13.0. The smallest absolute Gasteiger partial charge is 0.231 e. The molecule has 4 heteroatoms. The van der Waals surface area contributed by atoms with Crippen molar-refractivity contribution in [2.75, 3.05) is 11.9 Å². The third kappa shape index (κ3) is 3.07. The molecule has 0 saturated heterocycles. The quantitative estimate of drug-likeness (QED) is 0.843. The molecule has 1 aromatic carbocycles. The second-order valence-electron chi connectivity index (χ2n) is 7.46. The van der Waals surface area contributed by atoms with Crippen molar-refractivity contribution in [3.05, 3.63) is 50.3 Å². The van der Waals surface area contributed by atoms with Crippen molar-refractivity contribution in [3.8, 4) is 0 Å². The third-order valence-corrected chi connectivity index (χ3v) is 6.41. The van der Waals surface area contributed by atoms with E-state index in [0.29, 0.717) is 6.42 Å². The molecule has 1 N–H and O–H groups in total. The second-order valence-corrected chi connectivity index (χ2v) is 7.46. The maximum atomic E-state index is 11.7. The van der Waals surface area contributed by atoms with Crippen LogP contribution in [0, 0.1) is 48.5 Å². The summed E-state index contributed by atoms with van der Waals surface area (Å²) in [7, 11) is 3.86. The van der Waals surface area contributed by atoms with Crippen LogP contribution in [0.5, 0.6) is 0 Å². The van der Waals surface area contributed by atoms with Gasteiger partial charge in [0, 0.05) is 25.5 Å². The number of carbonyl (C=O) groups excluding carboxylic acids is 1. The van der Waals surface area contributed by atoms with Crippen molar-refractivity contribution in [1.82, 2.24) is 4.57 Å². The van der Waals surface area contributed by atoms with Gasteiger partial charge in [-0.1, -0.05) is 0 Å². The number of likely N-dealkylation sites (N-methyl/N-ethyl adjacent to an activating group) is 1. The molecule has 4 nitrogen and oxygen atoms in total. The highest BCUT2D eigenvalue weighted by Gasteiger charge is 2.28. The van der Waals surface area contributed by atoms with E-state index < -0.39 is 0 Å². The zero-order valence-corrected chi connectivity index (χ0v) is 17.7. The van der Waals surface area contributed by atoms with Crippen LogP contribution in [-0.4, -0.2) is 22.6 Å². The van der Waals surface area contributed by atoms with E-state index in [-0.39, 0.29) is 12.5 Å². The third-order valence-electron chi connectivity index (χ3n) is 6.41. The monoisotopic (exact) mass is 356 g/mol. The minimum Gasteiger partial charge on any atom is -0.390 e. The number of hydrogen-bond donors (Lipinski definition) is 1. The highest BCUT2D eigenvalue weighted by atomic mass is 16.3. The molecule has 1 aliphatic rings. The Bertz CT molecular complexity index is 850. The van der Waals surface area contributed by atoms with Crippen LogP contribution in [0.4, 0.5) is 5.69 Å². The predicted octanol–water partition coefficient (Wildman–Crippen LogP) is 3.88. The van der Waals surface area contributed by atoms with E-state index >= 15 is 0 Å². The highest BCUT2D eigenvalue weighted by Crippen LogP contribution is 2.37. The van der Waals surface area contributed by atoms with Gasteiger partial charge in [-0.25, -0.2) is 0 Å². The van der Waals surface area contributed by atoms with Crippen molar-refractivity contribution in [1.29, 1.82) is 0 Å². The molecule has 142 valence electrons. The minimum absolute atomic E-state index is 0.136. The molecule has 0 spiro atoms. The van der Waals surface area contributed by atoms with Gasteiger partial charge in [-0.05, 0) is 87.4 Å². The number of benzene rings is 1. The van der Waals surface area contributed by atoms with Crippen LogP contribution in [0.2, 0.25) is 0 Å². The van der Waals surface area contributed by atoms with Crippen LogP contribution in [0.25, 0.3) is 0 Å². The molecular weight excluding hydrogens is 324 g/mol. The lowest BCUT2D eigenvalue weighted by atomic mass is 9.92. The molecule has 0 radical (unpaired) electrons. The highest BCUT2D eigenvalue weighted by molar-refractivity contribution is 6.02. The summed E-state index contributed by atoms with van der Waals surface area (Å²) >= 11 is 0. The first-order chi connectivity index (χ1) is 12.0. The average molecular weight is 357 g/mol. The Kier molecular flexibility index (Phi) is 5.67. The van der Waals surface area contributed by atoms with Crippen molar-refractivity contribution < 1.29 is 9.90 Å². The van der Waals surface area contributed by atoms with Crippen molar-refractivity contribution >= 4 is 11.6 Å². The Balaban J connectivity index is 0.000000197. The number of aromatic nitrogens is 1. The first-order valence-electron chi connectivity index (χ1n) is 9.12. The Labute approximate surface area is 157 Å². The zero-order chi connectivity index (χ0) is 19.9. The van der Waals surface area contributed by atoms with Crippen LogP contribution in [0.15, 0.2) is 0 Å². The number of carbonyl (C=O) groups is 1. The van der Waals surface area contributed by atoms with Gasteiger partial charge in [0.15, 0.2) is 0 Å².